The number of halogens is 1. The molecule has 0 aliphatic rings. The van der Waals surface area contributed by atoms with Gasteiger partial charge in [-0.3, -0.25) is 4.79 Å². The molecule has 1 aromatic heterocycles. The third kappa shape index (κ3) is 3.34. The molecular formula is C13H11IN2O3. The van der Waals surface area contributed by atoms with E-state index in [-0.39, 0.29) is 11.7 Å². The lowest BCUT2D eigenvalue weighted by molar-refractivity contribution is 0.102. The molecule has 0 atom stereocenters. The number of aromatic hydroxyl groups is 1. The Balaban J connectivity index is 2.16. The SMILES string of the molecule is COc1ccc(C(=O)Nc2ccc(I)cn2)cc1O. The van der Waals surface area contributed by atoms with Gasteiger partial charge in [-0.15, -0.1) is 0 Å². The van der Waals surface area contributed by atoms with Gasteiger partial charge in [0.15, 0.2) is 11.5 Å². The summed E-state index contributed by atoms with van der Waals surface area (Å²) in [5.41, 5.74) is 0.332. The second kappa shape index (κ2) is 5.87. The van der Waals surface area contributed by atoms with Crippen LogP contribution in [0.3, 0.4) is 0 Å². The fourth-order valence-corrected chi connectivity index (χ4v) is 1.79. The van der Waals surface area contributed by atoms with E-state index in [1.807, 2.05) is 6.07 Å². The minimum Gasteiger partial charge on any atom is -0.504 e. The topological polar surface area (TPSA) is 71.5 Å². The molecule has 5 nitrogen and oxygen atoms in total. The number of nitrogens with one attached hydrogen (secondary N) is 1. The zero-order valence-corrected chi connectivity index (χ0v) is 12.2. The number of amides is 1. The highest BCUT2D eigenvalue weighted by Gasteiger charge is 2.10. The van der Waals surface area contributed by atoms with Gasteiger partial charge in [-0.25, -0.2) is 4.98 Å². The van der Waals surface area contributed by atoms with Crippen LogP contribution in [0.4, 0.5) is 5.82 Å². The predicted molar refractivity (Wildman–Crippen MR) is 79.6 cm³/mol. The van der Waals surface area contributed by atoms with E-state index in [9.17, 15) is 9.90 Å². The first-order chi connectivity index (χ1) is 9.10. The average molecular weight is 370 g/mol. The van der Waals surface area contributed by atoms with E-state index < -0.39 is 0 Å². The smallest absolute Gasteiger partial charge is 0.256 e. The molecule has 1 aromatic carbocycles. The van der Waals surface area contributed by atoms with Crippen molar-refractivity contribution in [2.24, 2.45) is 0 Å². The number of phenolic OH excluding ortho intramolecular Hbond substituents is 1. The summed E-state index contributed by atoms with van der Waals surface area (Å²) in [6, 6.07) is 8.00. The van der Waals surface area contributed by atoms with Crippen molar-refractivity contribution in [2.45, 2.75) is 0 Å². The van der Waals surface area contributed by atoms with E-state index in [0.717, 1.165) is 3.57 Å². The fraction of sp³-hybridized carbons (Fsp3) is 0.0769. The van der Waals surface area contributed by atoms with Crippen LogP contribution in [0.25, 0.3) is 0 Å². The first-order valence-corrected chi connectivity index (χ1v) is 6.48. The number of aromatic nitrogens is 1. The summed E-state index contributed by atoms with van der Waals surface area (Å²) in [6.07, 6.45) is 1.65. The molecule has 0 unspecified atom stereocenters. The van der Waals surface area contributed by atoms with Crippen LogP contribution in [0.15, 0.2) is 36.5 Å². The van der Waals surface area contributed by atoms with Gasteiger partial charge in [0.1, 0.15) is 5.82 Å². The second-order valence-corrected chi connectivity index (χ2v) is 4.95. The highest BCUT2D eigenvalue weighted by molar-refractivity contribution is 14.1. The van der Waals surface area contributed by atoms with Crippen molar-refractivity contribution in [3.05, 3.63) is 45.7 Å². The van der Waals surface area contributed by atoms with Gasteiger partial charge < -0.3 is 15.2 Å². The molecule has 0 spiro atoms. The standard InChI is InChI=1S/C13H11IN2O3/c1-19-11-4-2-8(6-10(11)17)13(18)16-12-5-3-9(14)7-15-12/h2-7,17H,1H3,(H,15,16,18). The number of hydrogen-bond donors (Lipinski definition) is 2. The molecule has 0 fully saturated rings. The first-order valence-electron chi connectivity index (χ1n) is 5.40. The number of benzene rings is 1. The molecule has 0 radical (unpaired) electrons. The molecule has 1 amide bonds. The van der Waals surface area contributed by atoms with Gasteiger partial charge in [0.25, 0.3) is 5.91 Å². The number of pyridine rings is 1. The number of methoxy groups -OCH3 is 1. The molecular weight excluding hydrogens is 359 g/mol. The van der Waals surface area contributed by atoms with Gasteiger partial charge in [0, 0.05) is 15.3 Å². The molecule has 98 valence electrons. The van der Waals surface area contributed by atoms with Crippen molar-refractivity contribution in [1.82, 2.24) is 4.98 Å². The maximum absolute atomic E-state index is 11.9. The van der Waals surface area contributed by atoms with Crippen molar-refractivity contribution in [2.75, 3.05) is 12.4 Å². The Morgan fingerprint density at radius 1 is 1.37 bits per heavy atom. The minimum absolute atomic E-state index is 0.0780. The lowest BCUT2D eigenvalue weighted by Crippen LogP contribution is -2.12. The van der Waals surface area contributed by atoms with Crippen LogP contribution in [-0.4, -0.2) is 23.1 Å². The molecule has 6 heteroatoms. The Bertz CT molecular complexity index is 599. The third-order valence-corrected chi connectivity index (χ3v) is 3.05. The Morgan fingerprint density at radius 2 is 2.16 bits per heavy atom. The van der Waals surface area contributed by atoms with Gasteiger partial charge in [-0.05, 0) is 52.9 Å². The zero-order chi connectivity index (χ0) is 13.8. The summed E-state index contributed by atoms with van der Waals surface area (Å²) in [5, 5.41) is 12.3. The summed E-state index contributed by atoms with van der Waals surface area (Å²) < 4.78 is 5.90. The van der Waals surface area contributed by atoms with Crippen LogP contribution in [0.1, 0.15) is 10.4 Å². The number of phenols is 1. The molecule has 0 aliphatic carbocycles. The summed E-state index contributed by atoms with van der Waals surface area (Å²) in [4.78, 5) is 16.0. The summed E-state index contributed by atoms with van der Waals surface area (Å²) in [6.45, 7) is 0. The second-order valence-electron chi connectivity index (χ2n) is 3.70. The van der Waals surface area contributed by atoms with Gasteiger partial charge in [-0.1, -0.05) is 0 Å². The number of hydrogen-bond acceptors (Lipinski definition) is 4. The van der Waals surface area contributed by atoms with Crippen LogP contribution in [0.2, 0.25) is 0 Å². The molecule has 1 heterocycles. The molecule has 2 aromatic rings. The molecule has 0 aliphatic heterocycles. The molecule has 0 bridgehead atoms. The molecule has 2 N–H and O–H groups in total. The van der Waals surface area contributed by atoms with Crippen molar-refractivity contribution >= 4 is 34.3 Å². The van der Waals surface area contributed by atoms with E-state index in [1.54, 1.807) is 18.3 Å². The van der Waals surface area contributed by atoms with Crippen LogP contribution in [0, 0.1) is 3.57 Å². The van der Waals surface area contributed by atoms with Crippen LogP contribution in [0.5, 0.6) is 11.5 Å². The monoisotopic (exact) mass is 370 g/mol. The maximum Gasteiger partial charge on any atom is 0.256 e. The largest absolute Gasteiger partial charge is 0.504 e. The van der Waals surface area contributed by atoms with Gasteiger partial charge in [0.2, 0.25) is 0 Å². The van der Waals surface area contributed by atoms with Crippen LogP contribution in [-0.2, 0) is 0 Å². The fourth-order valence-electron chi connectivity index (χ4n) is 1.47. The normalized spacial score (nSPS) is 10.0. The summed E-state index contributed by atoms with van der Waals surface area (Å²) >= 11 is 2.13. The highest BCUT2D eigenvalue weighted by atomic mass is 127. The number of carbonyl (C=O) groups excluding carboxylic acids is 1. The zero-order valence-electron chi connectivity index (χ0n) is 10.1. The maximum atomic E-state index is 11.9. The van der Waals surface area contributed by atoms with E-state index in [4.69, 9.17) is 4.74 Å². The predicted octanol–water partition coefficient (Wildman–Crippen LogP) is 2.65. The highest BCUT2D eigenvalue weighted by Crippen LogP contribution is 2.26. The van der Waals surface area contributed by atoms with E-state index in [2.05, 4.69) is 32.9 Å². The molecule has 2 rings (SSSR count). The van der Waals surface area contributed by atoms with Gasteiger partial charge in [-0.2, -0.15) is 0 Å². The number of rotatable bonds is 3. The summed E-state index contributed by atoms with van der Waals surface area (Å²) in [7, 11) is 1.45. The Morgan fingerprint density at radius 3 is 2.74 bits per heavy atom. The number of nitrogens with zero attached hydrogens (tertiary/aromatic N) is 1. The lowest BCUT2D eigenvalue weighted by atomic mass is 10.2. The van der Waals surface area contributed by atoms with Crippen molar-refractivity contribution in [3.8, 4) is 11.5 Å². The average Bonchev–Trinajstić information content (AvgIpc) is 2.41. The van der Waals surface area contributed by atoms with Gasteiger partial charge in [0.05, 0.1) is 7.11 Å². The summed E-state index contributed by atoms with van der Waals surface area (Å²) in [5.74, 6) is 0.363. The van der Waals surface area contributed by atoms with Crippen molar-refractivity contribution < 1.29 is 14.6 Å². The molecule has 0 saturated heterocycles. The molecule has 19 heavy (non-hydrogen) atoms. The number of anilines is 1. The van der Waals surface area contributed by atoms with E-state index >= 15 is 0 Å². The van der Waals surface area contributed by atoms with Crippen LogP contribution < -0.4 is 10.1 Å². The Kier molecular flexibility index (Phi) is 4.20. The molecule has 0 saturated carbocycles. The van der Waals surface area contributed by atoms with E-state index in [0.29, 0.717) is 17.1 Å². The van der Waals surface area contributed by atoms with Crippen molar-refractivity contribution in [1.29, 1.82) is 0 Å². The van der Waals surface area contributed by atoms with E-state index in [1.165, 1.54) is 19.2 Å². The lowest BCUT2D eigenvalue weighted by Gasteiger charge is -2.07. The Labute approximate surface area is 123 Å². The Hall–Kier alpha value is -1.83. The minimum atomic E-state index is -0.341. The quantitative estimate of drug-likeness (QED) is 0.815. The van der Waals surface area contributed by atoms with Crippen LogP contribution >= 0.6 is 22.6 Å². The first kappa shape index (κ1) is 13.6. The number of ether oxygens (including phenoxy) is 1. The third-order valence-electron chi connectivity index (χ3n) is 2.41. The van der Waals surface area contributed by atoms with Gasteiger partial charge >= 0.3 is 0 Å². The van der Waals surface area contributed by atoms with Crippen molar-refractivity contribution in [3.63, 3.8) is 0 Å². The number of carbonyl (C=O) groups is 1.